The largest absolute Gasteiger partial charge is 0.352 e. The third-order valence-electron chi connectivity index (χ3n) is 4.41. The molecule has 0 unspecified atom stereocenters. The maximum Gasteiger partial charge on any atom is 0.194 e. The van der Waals surface area contributed by atoms with E-state index in [1.165, 1.54) is 21.9 Å². The summed E-state index contributed by atoms with van der Waals surface area (Å²) in [7, 11) is 0. The summed E-state index contributed by atoms with van der Waals surface area (Å²) in [6.07, 6.45) is 0. The summed E-state index contributed by atoms with van der Waals surface area (Å²) >= 11 is 0. The third-order valence-corrected chi connectivity index (χ3v) is 4.41. The van der Waals surface area contributed by atoms with Gasteiger partial charge in [0.25, 0.3) is 0 Å². The van der Waals surface area contributed by atoms with Crippen LogP contribution in [0.5, 0.6) is 0 Å². The van der Waals surface area contributed by atoms with Gasteiger partial charge < -0.3 is 10.2 Å². The first-order valence-electron chi connectivity index (χ1n) is 8.43. The topological polar surface area (TPSA) is 27.6 Å². The fourth-order valence-corrected chi connectivity index (χ4v) is 3.14. The fourth-order valence-electron chi connectivity index (χ4n) is 3.14. The Labute approximate surface area is 142 Å². The molecular formula is C21H21N3. The maximum absolute atomic E-state index is 4.62. The Morgan fingerprint density at radius 1 is 0.833 bits per heavy atom. The molecular weight excluding hydrogens is 294 g/mol. The molecule has 3 heteroatoms. The number of nitrogens with zero attached hydrogens (tertiary/aromatic N) is 2. The lowest BCUT2D eigenvalue weighted by Gasteiger charge is -2.21. The van der Waals surface area contributed by atoms with Crippen molar-refractivity contribution in [1.29, 1.82) is 0 Å². The number of nitrogens with one attached hydrogen (secondary N) is 1. The predicted molar refractivity (Wildman–Crippen MR) is 99.9 cm³/mol. The van der Waals surface area contributed by atoms with Crippen LogP contribution in [0.25, 0.3) is 10.8 Å². The van der Waals surface area contributed by atoms with E-state index in [9.17, 15) is 0 Å². The molecule has 4 rings (SSSR count). The first kappa shape index (κ1) is 14.8. The molecule has 24 heavy (non-hydrogen) atoms. The quantitative estimate of drug-likeness (QED) is 0.793. The number of hydrogen-bond acceptors (Lipinski definition) is 3. The van der Waals surface area contributed by atoms with Crippen molar-refractivity contribution in [3.8, 4) is 0 Å². The van der Waals surface area contributed by atoms with Gasteiger partial charge in [0, 0.05) is 19.6 Å². The van der Waals surface area contributed by atoms with Crippen molar-refractivity contribution < 1.29 is 0 Å². The summed E-state index contributed by atoms with van der Waals surface area (Å²) in [6, 6.07) is 25.7. The minimum atomic E-state index is 0.801. The molecule has 1 heterocycles. The van der Waals surface area contributed by atoms with Crippen LogP contribution in [0.4, 0.5) is 0 Å². The average molecular weight is 315 g/mol. The highest BCUT2D eigenvalue weighted by atomic mass is 15.3. The van der Waals surface area contributed by atoms with Gasteiger partial charge in [0.15, 0.2) is 5.96 Å². The zero-order valence-electron chi connectivity index (χ0n) is 13.7. The van der Waals surface area contributed by atoms with Gasteiger partial charge in [-0.05, 0) is 28.0 Å². The normalized spacial score (nSPS) is 14.0. The molecule has 0 saturated heterocycles. The minimum Gasteiger partial charge on any atom is -0.352 e. The second-order valence-electron chi connectivity index (χ2n) is 6.15. The van der Waals surface area contributed by atoms with Crippen LogP contribution in [0.1, 0.15) is 11.1 Å². The van der Waals surface area contributed by atoms with Crippen molar-refractivity contribution in [2.24, 2.45) is 4.99 Å². The minimum absolute atomic E-state index is 0.801. The molecule has 120 valence electrons. The molecule has 0 amide bonds. The molecule has 3 aromatic rings. The molecule has 1 N–H and O–H groups in total. The zero-order chi connectivity index (χ0) is 16.2. The van der Waals surface area contributed by atoms with E-state index < -0.39 is 0 Å². The second-order valence-corrected chi connectivity index (χ2v) is 6.15. The number of aliphatic imine (C=N–C) groups is 1. The molecule has 0 aromatic heterocycles. The monoisotopic (exact) mass is 315 g/mol. The van der Waals surface area contributed by atoms with Crippen LogP contribution in [-0.2, 0) is 13.1 Å². The number of hydrogen-bond donors (Lipinski definition) is 1. The highest BCUT2D eigenvalue weighted by molar-refractivity contribution is 5.84. The first-order valence-corrected chi connectivity index (χ1v) is 8.43. The number of guanidine groups is 1. The Morgan fingerprint density at radius 2 is 1.62 bits per heavy atom. The summed E-state index contributed by atoms with van der Waals surface area (Å²) in [5.74, 6) is 1.01. The molecule has 0 fully saturated rings. The molecule has 0 atom stereocenters. The summed E-state index contributed by atoms with van der Waals surface area (Å²) in [6.45, 7) is 3.56. The van der Waals surface area contributed by atoms with Gasteiger partial charge in [0.2, 0.25) is 0 Å². The van der Waals surface area contributed by atoms with Crippen molar-refractivity contribution >= 4 is 16.7 Å². The Kier molecular flexibility index (Phi) is 4.15. The van der Waals surface area contributed by atoms with Crippen molar-refractivity contribution in [3.05, 3.63) is 83.9 Å². The molecule has 3 nitrogen and oxygen atoms in total. The van der Waals surface area contributed by atoms with E-state index in [0.29, 0.717) is 0 Å². The Hall–Kier alpha value is -2.81. The van der Waals surface area contributed by atoms with Crippen molar-refractivity contribution in [3.63, 3.8) is 0 Å². The molecule has 0 bridgehead atoms. The fraction of sp³-hybridized carbons (Fsp3) is 0.190. The third kappa shape index (κ3) is 3.25. The molecule has 0 saturated carbocycles. The van der Waals surface area contributed by atoms with E-state index in [-0.39, 0.29) is 0 Å². The molecule has 0 radical (unpaired) electrons. The number of rotatable bonds is 4. The SMILES string of the molecule is c1ccc(CN2CCN=C2NCc2ccc3ccccc3c2)cc1. The van der Waals surface area contributed by atoms with Crippen LogP contribution in [0, 0.1) is 0 Å². The van der Waals surface area contributed by atoms with E-state index >= 15 is 0 Å². The van der Waals surface area contributed by atoms with Gasteiger partial charge in [-0.25, -0.2) is 0 Å². The van der Waals surface area contributed by atoms with Crippen LogP contribution in [0.2, 0.25) is 0 Å². The molecule has 3 aromatic carbocycles. The Balaban J connectivity index is 1.42. The van der Waals surface area contributed by atoms with Crippen LogP contribution in [-0.4, -0.2) is 23.9 Å². The van der Waals surface area contributed by atoms with E-state index in [0.717, 1.165) is 32.1 Å². The Bertz CT molecular complexity index is 855. The second kappa shape index (κ2) is 6.75. The van der Waals surface area contributed by atoms with Crippen LogP contribution < -0.4 is 5.32 Å². The summed E-state index contributed by atoms with van der Waals surface area (Å²) in [5, 5.41) is 6.08. The number of benzene rings is 3. The zero-order valence-corrected chi connectivity index (χ0v) is 13.7. The predicted octanol–water partition coefficient (Wildman–Crippen LogP) is 3.80. The summed E-state index contributed by atoms with van der Waals surface area (Å²) in [4.78, 5) is 6.94. The smallest absolute Gasteiger partial charge is 0.194 e. The maximum atomic E-state index is 4.62. The van der Waals surface area contributed by atoms with Gasteiger partial charge in [0.1, 0.15) is 0 Å². The van der Waals surface area contributed by atoms with Gasteiger partial charge in [-0.15, -0.1) is 0 Å². The lowest BCUT2D eigenvalue weighted by Crippen LogP contribution is -2.37. The first-order chi connectivity index (χ1) is 11.9. The number of fused-ring (bicyclic) bond motifs is 1. The van der Waals surface area contributed by atoms with Gasteiger partial charge in [-0.3, -0.25) is 4.99 Å². The molecule has 1 aliphatic heterocycles. The molecule has 0 aliphatic carbocycles. The average Bonchev–Trinajstić information content (AvgIpc) is 3.08. The van der Waals surface area contributed by atoms with Crippen LogP contribution in [0.3, 0.4) is 0 Å². The van der Waals surface area contributed by atoms with Gasteiger partial charge in [0.05, 0.1) is 6.54 Å². The van der Waals surface area contributed by atoms with Crippen molar-refractivity contribution in [1.82, 2.24) is 10.2 Å². The summed E-state index contributed by atoms with van der Waals surface area (Å²) < 4.78 is 0. The van der Waals surface area contributed by atoms with Crippen LogP contribution >= 0.6 is 0 Å². The van der Waals surface area contributed by atoms with Crippen LogP contribution in [0.15, 0.2) is 77.8 Å². The van der Waals surface area contributed by atoms with Gasteiger partial charge in [-0.1, -0.05) is 66.7 Å². The lowest BCUT2D eigenvalue weighted by atomic mass is 10.1. The highest BCUT2D eigenvalue weighted by Crippen LogP contribution is 2.16. The lowest BCUT2D eigenvalue weighted by molar-refractivity contribution is 0.436. The Morgan fingerprint density at radius 3 is 2.50 bits per heavy atom. The molecule has 0 spiro atoms. The standard InChI is InChI=1S/C21H21N3/c1-2-6-17(7-3-1)16-24-13-12-22-21(24)23-15-18-10-11-19-8-4-5-9-20(19)14-18/h1-11,14H,12-13,15-16H2,(H,22,23). The van der Waals surface area contributed by atoms with Gasteiger partial charge in [-0.2, -0.15) is 0 Å². The van der Waals surface area contributed by atoms with Crippen molar-refractivity contribution in [2.45, 2.75) is 13.1 Å². The van der Waals surface area contributed by atoms with E-state index in [1.807, 2.05) is 0 Å². The van der Waals surface area contributed by atoms with E-state index in [4.69, 9.17) is 0 Å². The molecule has 1 aliphatic rings. The van der Waals surface area contributed by atoms with E-state index in [2.05, 4.69) is 88.0 Å². The van der Waals surface area contributed by atoms with Gasteiger partial charge >= 0.3 is 0 Å². The van der Waals surface area contributed by atoms with Crippen molar-refractivity contribution in [2.75, 3.05) is 13.1 Å². The highest BCUT2D eigenvalue weighted by Gasteiger charge is 2.16. The summed E-state index contributed by atoms with van der Waals surface area (Å²) in [5.41, 5.74) is 2.60. The van der Waals surface area contributed by atoms with E-state index in [1.54, 1.807) is 0 Å².